The van der Waals surface area contributed by atoms with Crippen molar-refractivity contribution in [1.29, 1.82) is 0 Å². The molecule has 0 spiro atoms. The normalized spacial score (nSPS) is 22.4. The highest BCUT2D eigenvalue weighted by Crippen LogP contribution is 2.20. The highest BCUT2D eigenvalue weighted by atomic mass is 16.5. The second-order valence-corrected chi connectivity index (χ2v) is 7.22. The van der Waals surface area contributed by atoms with E-state index in [1.165, 1.54) is 6.42 Å². The van der Waals surface area contributed by atoms with Gasteiger partial charge in [-0.1, -0.05) is 30.3 Å². The highest BCUT2D eigenvalue weighted by molar-refractivity contribution is 5.76. The fraction of sp³-hybridized carbons (Fsp3) is 0.600. The first-order chi connectivity index (χ1) is 12.7. The minimum absolute atomic E-state index is 0.161. The third kappa shape index (κ3) is 5.73. The number of likely N-dealkylation sites (tertiary alicyclic amines) is 1. The smallest absolute Gasteiger partial charge is 0.407 e. The Hall–Kier alpha value is -2.08. The summed E-state index contributed by atoms with van der Waals surface area (Å²) >= 11 is 0. The van der Waals surface area contributed by atoms with Gasteiger partial charge in [-0.3, -0.25) is 4.79 Å². The van der Waals surface area contributed by atoms with Crippen LogP contribution in [-0.4, -0.2) is 48.6 Å². The summed E-state index contributed by atoms with van der Waals surface area (Å²) in [4.78, 5) is 25.9. The summed E-state index contributed by atoms with van der Waals surface area (Å²) in [5, 5.41) is 6.30. The van der Waals surface area contributed by atoms with E-state index in [0.29, 0.717) is 25.6 Å². The van der Waals surface area contributed by atoms with E-state index in [1.807, 2.05) is 35.2 Å². The van der Waals surface area contributed by atoms with Gasteiger partial charge >= 0.3 is 6.09 Å². The van der Waals surface area contributed by atoms with E-state index in [1.54, 1.807) is 0 Å². The molecule has 0 bridgehead atoms. The van der Waals surface area contributed by atoms with Crippen molar-refractivity contribution in [3.05, 3.63) is 35.9 Å². The lowest BCUT2D eigenvalue weighted by molar-refractivity contribution is -0.132. The van der Waals surface area contributed by atoms with Crippen molar-refractivity contribution in [2.24, 2.45) is 0 Å². The number of nitrogens with zero attached hydrogens (tertiary/aromatic N) is 1. The van der Waals surface area contributed by atoms with Crippen LogP contribution in [0.1, 0.15) is 44.1 Å². The first-order valence-electron chi connectivity index (χ1n) is 9.69. The number of rotatable bonds is 7. The Labute approximate surface area is 155 Å². The Balaban J connectivity index is 1.23. The van der Waals surface area contributed by atoms with Crippen LogP contribution in [0.5, 0.6) is 0 Å². The molecule has 0 atom stereocenters. The number of carbonyl (C=O) groups is 2. The first-order valence-corrected chi connectivity index (χ1v) is 9.69. The van der Waals surface area contributed by atoms with Crippen LogP contribution in [0.15, 0.2) is 30.3 Å². The largest absolute Gasteiger partial charge is 0.445 e. The zero-order valence-electron chi connectivity index (χ0n) is 15.3. The van der Waals surface area contributed by atoms with E-state index in [9.17, 15) is 9.59 Å². The van der Waals surface area contributed by atoms with Crippen molar-refractivity contribution in [2.45, 2.75) is 57.2 Å². The van der Waals surface area contributed by atoms with Crippen LogP contribution in [-0.2, 0) is 16.1 Å². The summed E-state index contributed by atoms with van der Waals surface area (Å²) in [5.41, 5.74) is 0.981. The van der Waals surface area contributed by atoms with Gasteiger partial charge in [0.05, 0.1) is 0 Å². The van der Waals surface area contributed by atoms with Crippen LogP contribution in [0.4, 0.5) is 4.79 Å². The molecular formula is C20H29N3O3. The van der Waals surface area contributed by atoms with Gasteiger partial charge in [-0.05, 0) is 37.7 Å². The number of carbonyl (C=O) groups excluding carboxylic acids is 2. The molecule has 0 aromatic heterocycles. The molecule has 0 unspecified atom stereocenters. The highest BCUT2D eigenvalue weighted by Gasteiger charge is 2.30. The monoisotopic (exact) mass is 359 g/mol. The first kappa shape index (κ1) is 18.7. The molecule has 1 aliphatic heterocycles. The SMILES string of the molecule is O=C(NC1CC(NCCC(=O)N2CCCCC2)C1)OCc1ccccc1. The predicted molar refractivity (Wildman–Crippen MR) is 99.6 cm³/mol. The van der Waals surface area contributed by atoms with E-state index >= 15 is 0 Å². The molecule has 26 heavy (non-hydrogen) atoms. The molecule has 2 N–H and O–H groups in total. The maximum Gasteiger partial charge on any atom is 0.407 e. The van der Waals surface area contributed by atoms with Crippen LogP contribution in [0.2, 0.25) is 0 Å². The maximum atomic E-state index is 12.1. The fourth-order valence-corrected chi connectivity index (χ4v) is 3.52. The second kappa shape index (κ2) is 9.57. The Morgan fingerprint density at radius 3 is 2.50 bits per heavy atom. The number of piperidine rings is 1. The third-order valence-corrected chi connectivity index (χ3v) is 5.15. The number of ether oxygens (including phenoxy) is 1. The Morgan fingerprint density at radius 2 is 1.77 bits per heavy atom. The van der Waals surface area contributed by atoms with Crippen molar-refractivity contribution in [3.63, 3.8) is 0 Å². The lowest BCUT2D eigenvalue weighted by Gasteiger charge is -2.36. The number of alkyl carbamates (subject to hydrolysis) is 1. The van der Waals surface area contributed by atoms with Crippen molar-refractivity contribution in [1.82, 2.24) is 15.5 Å². The average molecular weight is 359 g/mol. The quantitative estimate of drug-likeness (QED) is 0.784. The second-order valence-electron chi connectivity index (χ2n) is 7.22. The number of nitrogens with one attached hydrogen (secondary N) is 2. The van der Waals surface area contributed by atoms with Gasteiger partial charge in [0.25, 0.3) is 0 Å². The van der Waals surface area contributed by atoms with Gasteiger partial charge in [-0.25, -0.2) is 4.79 Å². The molecule has 1 aromatic carbocycles. The summed E-state index contributed by atoms with van der Waals surface area (Å²) in [7, 11) is 0. The number of hydrogen-bond donors (Lipinski definition) is 2. The van der Waals surface area contributed by atoms with E-state index in [4.69, 9.17) is 4.74 Å². The van der Waals surface area contributed by atoms with Crippen molar-refractivity contribution in [3.8, 4) is 0 Å². The maximum absolute atomic E-state index is 12.1. The lowest BCUT2D eigenvalue weighted by atomic mass is 9.87. The van der Waals surface area contributed by atoms with Crippen molar-refractivity contribution < 1.29 is 14.3 Å². The van der Waals surface area contributed by atoms with E-state index in [2.05, 4.69) is 10.6 Å². The summed E-state index contributed by atoms with van der Waals surface area (Å²) in [6.07, 6.45) is 5.49. The molecule has 1 aromatic rings. The Bertz CT molecular complexity index is 581. The van der Waals surface area contributed by atoms with Crippen LogP contribution >= 0.6 is 0 Å². The Kier molecular flexibility index (Phi) is 6.89. The predicted octanol–water partition coefficient (Wildman–Crippen LogP) is 2.44. The summed E-state index contributed by atoms with van der Waals surface area (Å²) in [6, 6.07) is 10.2. The average Bonchev–Trinajstić information content (AvgIpc) is 2.65. The molecule has 3 rings (SSSR count). The van der Waals surface area contributed by atoms with Crippen LogP contribution in [0.3, 0.4) is 0 Å². The van der Waals surface area contributed by atoms with Gasteiger partial charge in [0.1, 0.15) is 6.61 Å². The van der Waals surface area contributed by atoms with Gasteiger partial charge in [-0.2, -0.15) is 0 Å². The van der Waals surface area contributed by atoms with E-state index in [0.717, 1.165) is 44.3 Å². The zero-order chi connectivity index (χ0) is 18.2. The molecular weight excluding hydrogens is 330 g/mol. The van der Waals surface area contributed by atoms with Gasteiger partial charge in [0, 0.05) is 38.1 Å². The van der Waals surface area contributed by atoms with Crippen LogP contribution in [0.25, 0.3) is 0 Å². The lowest BCUT2D eigenvalue weighted by Crippen LogP contribution is -2.53. The van der Waals surface area contributed by atoms with Gasteiger partial charge in [0.2, 0.25) is 5.91 Å². The van der Waals surface area contributed by atoms with E-state index < -0.39 is 0 Å². The van der Waals surface area contributed by atoms with Crippen LogP contribution in [0, 0.1) is 0 Å². The molecule has 1 heterocycles. The minimum Gasteiger partial charge on any atom is -0.445 e. The standard InChI is InChI=1S/C20H29N3O3/c24-19(23-11-5-2-6-12-23)9-10-21-17-13-18(14-17)22-20(25)26-15-16-7-3-1-4-8-16/h1,3-4,7-8,17-18,21H,2,5-6,9-15H2,(H,22,25). The molecule has 1 saturated carbocycles. The molecule has 2 fully saturated rings. The molecule has 0 radical (unpaired) electrons. The van der Waals surface area contributed by atoms with Crippen molar-refractivity contribution in [2.75, 3.05) is 19.6 Å². The minimum atomic E-state index is -0.363. The zero-order valence-corrected chi connectivity index (χ0v) is 15.3. The number of amides is 2. The van der Waals surface area contributed by atoms with Crippen molar-refractivity contribution >= 4 is 12.0 Å². The molecule has 6 heteroatoms. The topological polar surface area (TPSA) is 70.7 Å². The molecule has 1 saturated heterocycles. The molecule has 2 amide bonds. The fourth-order valence-electron chi connectivity index (χ4n) is 3.52. The van der Waals surface area contributed by atoms with Gasteiger partial charge in [0.15, 0.2) is 0 Å². The summed E-state index contributed by atoms with van der Waals surface area (Å²) in [5.74, 6) is 0.260. The Morgan fingerprint density at radius 1 is 1.04 bits per heavy atom. The van der Waals surface area contributed by atoms with Gasteiger partial charge in [-0.15, -0.1) is 0 Å². The van der Waals surface area contributed by atoms with Gasteiger partial charge < -0.3 is 20.3 Å². The molecule has 6 nitrogen and oxygen atoms in total. The summed E-state index contributed by atoms with van der Waals surface area (Å²) in [6.45, 7) is 2.84. The third-order valence-electron chi connectivity index (χ3n) is 5.15. The number of benzene rings is 1. The molecule has 2 aliphatic rings. The van der Waals surface area contributed by atoms with E-state index in [-0.39, 0.29) is 18.0 Å². The molecule has 142 valence electrons. The summed E-state index contributed by atoms with van der Waals surface area (Å²) < 4.78 is 5.23. The molecule has 1 aliphatic carbocycles. The number of hydrogen-bond acceptors (Lipinski definition) is 4. The van der Waals surface area contributed by atoms with Crippen LogP contribution < -0.4 is 10.6 Å².